The molecule has 2 aliphatic carbocycles. The maximum Gasteiger partial charge on any atom is 0.177 e. The molecular weight excluding hydrogens is 496 g/mol. The largest absolute Gasteiger partial charge is 0.495 e. The Kier molecular flexibility index (Phi) is 5.22. The summed E-state index contributed by atoms with van der Waals surface area (Å²) in [5.41, 5.74) is -0.777. The van der Waals surface area contributed by atoms with Crippen LogP contribution in [0, 0.1) is 5.92 Å². The summed E-state index contributed by atoms with van der Waals surface area (Å²) in [6.07, 6.45) is 4.34. The van der Waals surface area contributed by atoms with Gasteiger partial charge in [-0.1, -0.05) is 58.4 Å². The van der Waals surface area contributed by atoms with E-state index in [1.807, 2.05) is 42.5 Å². The standard InChI is InChI=1S/C27H27BrN2O4/c1-33-21-14-29-15-22-24(21)26(32)25(31)20(13-30-19-11-12-19)23(16-5-3-2-4-6-16)27(26,34-22)17-7-9-18(28)10-8-17/h2-10,14-15,19-20,23,25,30-32H,11-13H2,1H3. The SMILES string of the molecule is COc1cncc2c1C1(O)C(O)C(CNC3CC3)C(c3ccccc3)C1(c1ccc(Br)cc1)O2. The highest BCUT2D eigenvalue weighted by molar-refractivity contribution is 9.10. The van der Waals surface area contributed by atoms with Crippen molar-refractivity contribution in [3.63, 3.8) is 0 Å². The molecule has 1 aliphatic heterocycles. The fraction of sp³-hybridized carbons (Fsp3) is 0.370. The predicted molar refractivity (Wildman–Crippen MR) is 131 cm³/mol. The molecule has 6 nitrogen and oxygen atoms in total. The zero-order chi connectivity index (χ0) is 23.5. The lowest BCUT2D eigenvalue weighted by molar-refractivity contribution is -0.152. The smallest absolute Gasteiger partial charge is 0.177 e. The number of halogens is 1. The molecule has 5 atom stereocenters. The molecule has 1 aromatic heterocycles. The average Bonchev–Trinajstić information content (AvgIpc) is 3.62. The van der Waals surface area contributed by atoms with Crippen molar-refractivity contribution >= 4 is 15.9 Å². The van der Waals surface area contributed by atoms with Gasteiger partial charge < -0.3 is 25.0 Å². The normalized spacial score (nSPS) is 31.6. The van der Waals surface area contributed by atoms with Gasteiger partial charge in [0.15, 0.2) is 11.2 Å². The number of nitrogens with zero attached hydrogens (tertiary/aromatic N) is 1. The van der Waals surface area contributed by atoms with Crippen LogP contribution in [0.3, 0.4) is 0 Å². The molecule has 6 rings (SSSR count). The zero-order valence-electron chi connectivity index (χ0n) is 18.8. The molecule has 3 aromatic rings. The van der Waals surface area contributed by atoms with Crippen molar-refractivity contribution in [3.05, 3.63) is 88.2 Å². The van der Waals surface area contributed by atoms with Gasteiger partial charge in [0.2, 0.25) is 0 Å². The third kappa shape index (κ3) is 3.00. The molecule has 3 N–H and O–H groups in total. The van der Waals surface area contributed by atoms with Crippen molar-refractivity contribution in [2.75, 3.05) is 13.7 Å². The number of pyridine rings is 1. The summed E-state index contributed by atoms with van der Waals surface area (Å²) in [4.78, 5) is 4.27. The van der Waals surface area contributed by atoms with Crippen LogP contribution in [0.5, 0.6) is 11.5 Å². The number of benzene rings is 2. The van der Waals surface area contributed by atoms with Crippen LogP contribution >= 0.6 is 15.9 Å². The Morgan fingerprint density at radius 2 is 1.85 bits per heavy atom. The second-order valence-electron chi connectivity index (χ2n) is 9.51. The second-order valence-corrected chi connectivity index (χ2v) is 10.4. The Bertz CT molecular complexity index is 1200. The summed E-state index contributed by atoms with van der Waals surface area (Å²) in [6.45, 7) is 0.568. The minimum absolute atomic E-state index is 0.303. The molecule has 0 bridgehead atoms. The van der Waals surface area contributed by atoms with E-state index in [-0.39, 0.29) is 11.8 Å². The Balaban J connectivity index is 1.63. The van der Waals surface area contributed by atoms with E-state index < -0.39 is 17.3 Å². The van der Waals surface area contributed by atoms with Gasteiger partial charge in [-0.05, 0) is 36.1 Å². The van der Waals surface area contributed by atoms with E-state index in [0.29, 0.717) is 29.6 Å². The zero-order valence-corrected chi connectivity index (χ0v) is 20.4. The number of fused-ring (bicyclic) bond motifs is 3. The molecule has 0 radical (unpaired) electrons. The summed E-state index contributed by atoms with van der Waals surface area (Å²) in [7, 11) is 1.54. The second kappa shape index (κ2) is 8.05. The predicted octanol–water partition coefficient (Wildman–Crippen LogP) is 3.85. The van der Waals surface area contributed by atoms with Gasteiger partial charge in [0.25, 0.3) is 0 Å². The van der Waals surface area contributed by atoms with E-state index in [2.05, 4.69) is 38.4 Å². The number of aromatic nitrogens is 1. The van der Waals surface area contributed by atoms with Crippen LogP contribution in [0.25, 0.3) is 0 Å². The molecule has 0 amide bonds. The lowest BCUT2D eigenvalue weighted by Gasteiger charge is -2.41. The van der Waals surface area contributed by atoms with Gasteiger partial charge in [0.1, 0.15) is 11.5 Å². The van der Waals surface area contributed by atoms with Crippen LogP contribution in [0.2, 0.25) is 0 Å². The van der Waals surface area contributed by atoms with Gasteiger partial charge in [-0.25, -0.2) is 0 Å². The van der Waals surface area contributed by atoms with Crippen molar-refractivity contribution in [3.8, 4) is 11.5 Å². The van der Waals surface area contributed by atoms with Crippen molar-refractivity contribution < 1.29 is 19.7 Å². The van der Waals surface area contributed by atoms with Crippen molar-refractivity contribution in [2.24, 2.45) is 5.92 Å². The Morgan fingerprint density at radius 3 is 2.53 bits per heavy atom. The molecule has 34 heavy (non-hydrogen) atoms. The molecule has 3 aliphatic rings. The summed E-state index contributed by atoms with van der Waals surface area (Å²) >= 11 is 3.53. The molecule has 176 valence electrons. The molecule has 2 fully saturated rings. The minimum Gasteiger partial charge on any atom is -0.495 e. The summed E-state index contributed by atoms with van der Waals surface area (Å²) in [5, 5.41) is 28.3. The van der Waals surface area contributed by atoms with E-state index in [1.165, 1.54) is 0 Å². The number of ether oxygens (including phenoxy) is 2. The van der Waals surface area contributed by atoms with Gasteiger partial charge in [-0.3, -0.25) is 4.98 Å². The first-order chi connectivity index (χ1) is 16.5. The number of rotatable bonds is 6. The van der Waals surface area contributed by atoms with Crippen molar-refractivity contribution in [2.45, 2.75) is 42.1 Å². The number of hydrogen-bond acceptors (Lipinski definition) is 6. The molecule has 2 heterocycles. The van der Waals surface area contributed by atoms with Crippen LogP contribution in [-0.4, -0.2) is 41.0 Å². The van der Waals surface area contributed by atoms with Crippen LogP contribution in [-0.2, 0) is 11.2 Å². The Labute approximate surface area is 207 Å². The molecule has 2 aromatic carbocycles. The Hall–Kier alpha value is -2.45. The highest BCUT2D eigenvalue weighted by Gasteiger charge is 2.76. The molecule has 7 heteroatoms. The van der Waals surface area contributed by atoms with E-state index in [9.17, 15) is 10.2 Å². The minimum atomic E-state index is -1.75. The van der Waals surface area contributed by atoms with Gasteiger partial charge in [-0.2, -0.15) is 0 Å². The number of hydrogen-bond donors (Lipinski definition) is 3. The highest BCUT2D eigenvalue weighted by atomic mass is 79.9. The number of nitrogens with one attached hydrogen (secondary N) is 1. The molecule has 0 saturated heterocycles. The van der Waals surface area contributed by atoms with E-state index in [0.717, 1.165) is 28.4 Å². The van der Waals surface area contributed by atoms with Crippen molar-refractivity contribution in [1.29, 1.82) is 0 Å². The lowest BCUT2D eigenvalue weighted by atomic mass is 9.70. The lowest BCUT2D eigenvalue weighted by Crippen LogP contribution is -2.52. The Morgan fingerprint density at radius 1 is 1.12 bits per heavy atom. The van der Waals surface area contributed by atoms with Gasteiger partial charge in [-0.15, -0.1) is 0 Å². The maximum absolute atomic E-state index is 12.7. The van der Waals surface area contributed by atoms with Gasteiger partial charge in [0.05, 0.1) is 31.2 Å². The third-order valence-corrected chi connectivity index (χ3v) is 8.19. The molecular formula is C27H27BrN2O4. The fourth-order valence-corrected chi connectivity index (χ4v) is 6.31. The fourth-order valence-electron chi connectivity index (χ4n) is 6.05. The van der Waals surface area contributed by atoms with E-state index in [1.54, 1.807) is 19.5 Å². The first-order valence-electron chi connectivity index (χ1n) is 11.7. The molecule has 0 spiro atoms. The molecule has 5 unspecified atom stereocenters. The highest BCUT2D eigenvalue weighted by Crippen LogP contribution is 2.69. The third-order valence-electron chi connectivity index (χ3n) is 7.67. The van der Waals surface area contributed by atoms with E-state index >= 15 is 0 Å². The number of aliphatic hydroxyl groups excluding tert-OH is 1. The van der Waals surface area contributed by atoms with Crippen LogP contribution in [0.4, 0.5) is 0 Å². The monoisotopic (exact) mass is 522 g/mol. The topological polar surface area (TPSA) is 83.8 Å². The quantitative estimate of drug-likeness (QED) is 0.456. The summed E-state index contributed by atoms with van der Waals surface area (Å²) in [6, 6.07) is 18.3. The number of methoxy groups -OCH3 is 1. The van der Waals surface area contributed by atoms with Gasteiger partial charge in [0, 0.05) is 28.9 Å². The van der Waals surface area contributed by atoms with Crippen LogP contribution in [0.1, 0.15) is 35.4 Å². The van der Waals surface area contributed by atoms with Crippen LogP contribution in [0.15, 0.2) is 71.5 Å². The maximum atomic E-state index is 12.7. The average molecular weight is 523 g/mol. The van der Waals surface area contributed by atoms with Gasteiger partial charge >= 0.3 is 0 Å². The number of aliphatic hydroxyl groups is 2. The first kappa shape index (κ1) is 22.0. The van der Waals surface area contributed by atoms with E-state index in [4.69, 9.17) is 9.47 Å². The molecule has 2 saturated carbocycles. The summed E-state index contributed by atoms with van der Waals surface area (Å²) < 4.78 is 13.3. The van der Waals surface area contributed by atoms with Crippen molar-refractivity contribution in [1.82, 2.24) is 10.3 Å². The van der Waals surface area contributed by atoms with Crippen LogP contribution < -0.4 is 14.8 Å². The first-order valence-corrected chi connectivity index (χ1v) is 12.5. The summed E-state index contributed by atoms with van der Waals surface area (Å²) in [5.74, 6) is 0.194.